The van der Waals surface area contributed by atoms with E-state index in [2.05, 4.69) is 29.7 Å². The van der Waals surface area contributed by atoms with Crippen molar-refractivity contribution in [1.82, 2.24) is 10.6 Å². The zero-order chi connectivity index (χ0) is 14.4. The lowest BCUT2D eigenvalue weighted by molar-refractivity contribution is 0.605. The Morgan fingerprint density at radius 3 is 2.15 bits per heavy atom. The fourth-order valence-electron chi connectivity index (χ4n) is 1.86. The van der Waals surface area contributed by atoms with E-state index in [1.54, 1.807) is 12.1 Å². The highest BCUT2D eigenvalue weighted by Crippen LogP contribution is 2.07. The van der Waals surface area contributed by atoms with Crippen molar-refractivity contribution in [2.75, 3.05) is 0 Å². The Labute approximate surface area is 124 Å². The normalized spacial score (nSPS) is 10.1. The van der Waals surface area contributed by atoms with Crippen LogP contribution < -0.4 is 10.6 Å². The van der Waals surface area contributed by atoms with Crippen LogP contribution >= 0.6 is 12.2 Å². The summed E-state index contributed by atoms with van der Waals surface area (Å²) in [6, 6.07) is 14.8. The van der Waals surface area contributed by atoms with Crippen LogP contribution in [0.25, 0.3) is 0 Å². The molecule has 0 saturated carbocycles. The second-order valence-corrected chi connectivity index (χ2v) is 4.96. The standard InChI is InChI=1S/C16H17FN2S/c1-12-6-2-3-7-13(12)10-18-16(20)19-11-14-8-4-5-9-15(14)17/h2-9H,10-11H2,1H3,(H2,18,19,20). The van der Waals surface area contributed by atoms with Gasteiger partial charge in [0.25, 0.3) is 0 Å². The molecule has 0 aliphatic carbocycles. The summed E-state index contributed by atoms with van der Waals surface area (Å²) in [6.45, 7) is 3.11. The van der Waals surface area contributed by atoms with Gasteiger partial charge < -0.3 is 10.6 Å². The van der Waals surface area contributed by atoms with Crippen LogP contribution in [0.2, 0.25) is 0 Å². The second kappa shape index (κ2) is 7.01. The highest BCUT2D eigenvalue weighted by molar-refractivity contribution is 7.80. The molecule has 0 amide bonds. The zero-order valence-corrected chi connectivity index (χ0v) is 12.1. The van der Waals surface area contributed by atoms with E-state index in [4.69, 9.17) is 12.2 Å². The number of nitrogens with one attached hydrogen (secondary N) is 2. The van der Waals surface area contributed by atoms with Crippen LogP contribution in [0.5, 0.6) is 0 Å². The molecule has 0 radical (unpaired) electrons. The molecule has 2 rings (SSSR count). The van der Waals surface area contributed by atoms with E-state index in [9.17, 15) is 4.39 Å². The molecule has 0 aliphatic heterocycles. The maximum absolute atomic E-state index is 13.4. The van der Waals surface area contributed by atoms with Crippen molar-refractivity contribution in [1.29, 1.82) is 0 Å². The van der Waals surface area contributed by atoms with Gasteiger partial charge >= 0.3 is 0 Å². The first kappa shape index (κ1) is 14.5. The van der Waals surface area contributed by atoms with Gasteiger partial charge in [0.05, 0.1) is 0 Å². The largest absolute Gasteiger partial charge is 0.359 e. The molecular weight excluding hydrogens is 271 g/mol. The minimum atomic E-state index is -0.221. The van der Waals surface area contributed by atoms with Crippen LogP contribution in [0, 0.1) is 12.7 Å². The monoisotopic (exact) mass is 288 g/mol. The van der Waals surface area contributed by atoms with Gasteiger partial charge in [-0.3, -0.25) is 0 Å². The van der Waals surface area contributed by atoms with E-state index in [1.807, 2.05) is 18.2 Å². The van der Waals surface area contributed by atoms with Crippen molar-refractivity contribution in [3.05, 3.63) is 71.0 Å². The molecule has 0 aliphatic rings. The molecule has 0 fully saturated rings. The van der Waals surface area contributed by atoms with E-state index in [-0.39, 0.29) is 5.82 Å². The Morgan fingerprint density at radius 2 is 1.50 bits per heavy atom. The summed E-state index contributed by atoms with van der Waals surface area (Å²) in [4.78, 5) is 0. The van der Waals surface area contributed by atoms with Crippen LogP contribution in [-0.4, -0.2) is 5.11 Å². The SMILES string of the molecule is Cc1ccccc1CNC(=S)NCc1ccccc1F. The van der Waals surface area contributed by atoms with Gasteiger partial charge in [-0.05, 0) is 36.3 Å². The van der Waals surface area contributed by atoms with Crippen LogP contribution in [0.15, 0.2) is 48.5 Å². The average molecular weight is 288 g/mol. The zero-order valence-electron chi connectivity index (χ0n) is 11.3. The van der Waals surface area contributed by atoms with Crippen molar-refractivity contribution in [2.24, 2.45) is 0 Å². The number of benzene rings is 2. The van der Waals surface area contributed by atoms with Gasteiger partial charge in [0, 0.05) is 18.7 Å². The van der Waals surface area contributed by atoms with Gasteiger partial charge in [0.2, 0.25) is 0 Å². The minimum Gasteiger partial charge on any atom is -0.359 e. The summed E-state index contributed by atoms with van der Waals surface area (Å²) >= 11 is 5.19. The Hall–Kier alpha value is -1.94. The molecule has 2 aromatic carbocycles. The molecule has 0 heterocycles. The molecule has 0 atom stereocenters. The van der Waals surface area contributed by atoms with Crippen molar-refractivity contribution >= 4 is 17.3 Å². The van der Waals surface area contributed by atoms with Crippen molar-refractivity contribution in [2.45, 2.75) is 20.0 Å². The molecule has 2 aromatic rings. The number of aryl methyl sites for hydroxylation is 1. The first-order valence-electron chi connectivity index (χ1n) is 6.46. The Balaban J connectivity index is 1.82. The molecule has 0 aromatic heterocycles. The van der Waals surface area contributed by atoms with E-state index in [0.29, 0.717) is 23.8 Å². The van der Waals surface area contributed by atoms with E-state index in [0.717, 1.165) is 0 Å². The lowest BCUT2D eigenvalue weighted by Crippen LogP contribution is -2.34. The van der Waals surface area contributed by atoms with Gasteiger partial charge in [-0.25, -0.2) is 4.39 Å². The molecule has 104 valence electrons. The van der Waals surface area contributed by atoms with E-state index < -0.39 is 0 Å². The summed E-state index contributed by atoms with van der Waals surface area (Å²) in [5, 5.41) is 6.66. The van der Waals surface area contributed by atoms with E-state index >= 15 is 0 Å². The summed E-state index contributed by atoms with van der Waals surface area (Å²) in [5.41, 5.74) is 3.02. The number of hydrogen-bond donors (Lipinski definition) is 2. The van der Waals surface area contributed by atoms with E-state index in [1.165, 1.54) is 17.2 Å². The number of thiocarbonyl (C=S) groups is 1. The number of halogens is 1. The fraction of sp³-hybridized carbons (Fsp3) is 0.188. The third kappa shape index (κ3) is 4.03. The topological polar surface area (TPSA) is 24.1 Å². The maximum Gasteiger partial charge on any atom is 0.166 e. The lowest BCUT2D eigenvalue weighted by Gasteiger charge is -2.12. The molecule has 2 nitrogen and oxygen atoms in total. The molecule has 0 unspecified atom stereocenters. The predicted molar refractivity (Wildman–Crippen MR) is 83.9 cm³/mol. The molecule has 0 spiro atoms. The van der Waals surface area contributed by atoms with Gasteiger partial charge in [0.15, 0.2) is 5.11 Å². The molecule has 4 heteroatoms. The number of hydrogen-bond acceptors (Lipinski definition) is 1. The maximum atomic E-state index is 13.4. The van der Waals surface area contributed by atoms with Crippen LogP contribution in [-0.2, 0) is 13.1 Å². The third-order valence-corrected chi connectivity index (χ3v) is 3.39. The molecule has 0 bridgehead atoms. The van der Waals surface area contributed by atoms with Crippen LogP contribution in [0.3, 0.4) is 0 Å². The van der Waals surface area contributed by atoms with Crippen molar-refractivity contribution in [3.63, 3.8) is 0 Å². The number of rotatable bonds is 4. The molecular formula is C16H17FN2S. The average Bonchev–Trinajstić information content (AvgIpc) is 2.45. The Morgan fingerprint density at radius 1 is 0.950 bits per heavy atom. The van der Waals surface area contributed by atoms with Gasteiger partial charge in [-0.2, -0.15) is 0 Å². The second-order valence-electron chi connectivity index (χ2n) is 4.55. The smallest absolute Gasteiger partial charge is 0.166 e. The predicted octanol–water partition coefficient (Wildman–Crippen LogP) is 3.30. The highest BCUT2D eigenvalue weighted by atomic mass is 32.1. The quantitative estimate of drug-likeness (QED) is 0.844. The minimum absolute atomic E-state index is 0.221. The van der Waals surface area contributed by atoms with Crippen molar-refractivity contribution in [3.8, 4) is 0 Å². The highest BCUT2D eigenvalue weighted by Gasteiger charge is 2.02. The third-order valence-electron chi connectivity index (χ3n) is 3.10. The fourth-order valence-corrected chi connectivity index (χ4v) is 2.01. The Bertz CT molecular complexity index is 547. The summed E-state index contributed by atoms with van der Waals surface area (Å²) in [6.07, 6.45) is 0. The summed E-state index contributed by atoms with van der Waals surface area (Å²) in [5.74, 6) is -0.221. The van der Waals surface area contributed by atoms with Crippen LogP contribution in [0.4, 0.5) is 4.39 Å². The first-order chi connectivity index (χ1) is 9.66. The van der Waals surface area contributed by atoms with Gasteiger partial charge in [-0.15, -0.1) is 0 Å². The van der Waals surface area contributed by atoms with Crippen LogP contribution in [0.1, 0.15) is 16.7 Å². The molecule has 20 heavy (non-hydrogen) atoms. The lowest BCUT2D eigenvalue weighted by atomic mass is 10.1. The van der Waals surface area contributed by atoms with Crippen molar-refractivity contribution < 1.29 is 4.39 Å². The summed E-state index contributed by atoms with van der Waals surface area (Å²) < 4.78 is 13.4. The summed E-state index contributed by atoms with van der Waals surface area (Å²) in [7, 11) is 0. The molecule has 2 N–H and O–H groups in total. The first-order valence-corrected chi connectivity index (χ1v) is 6.87. The molecule has 0 saturated heterocycles. The van der Waals surface area contributed by atoms with Gasteiger partial charge in [-0.1, -0.05) is 42.5 Å². The Kier molecular flexibility index (Phi) is 5.07. The van der Waals surface area contributed by atoms with Gasteiger partial charge in [0.1, 0.15) is 5.82 Å².